The molecule has 2 rings (SSSR count). The maximum Gasteiger partial charge on any atom is 0.224 e. The molecule has 124 valence electrons. The van der Waals surface area contributed by atoms with Gasteiger partial charge in [-0.3, -0.25) is 4.79 Å². The summed E-state index contributed by atoms with van der Waals surface area (Å²) >= 11 is 0. The molecule has 3 N–H and O–H groups in total. The summed E-state index contributed by atoms with van der Waals surface area (Å²) in [6, 6.07) is 7.44. The summed E-state index contributed by atoms with van der Waals surface area (Å²) < 4.78 is 5.40. The fourth-order valence-corrected chi connectivity index (χ4v) is 2.85. The van der Waals surface area contributed by atoms with Crippen LogP contribution in [0.15, 0.2) is 24.3 Å². The number of ether oxygens (including phenoxy) is 1. The summed E-state index contributed by atoms with van der Waals surface area (Å²) in [5, 5.41) is 2.95. The Morgan fingerprint density at radius 3 is 2.50 bits per heavy atom. The number of hydrogen-bond donors (Lipinski definition) is 2. The molecular formula is C17H27ClN2O2. The third-order valence-electron chi connectivity index (χ3n) is 4.03. The van der Waals surface area contributed by atoms with E-state index in [1.807, 2.05) is 24.3 Å². The summed E-state index contributed by atoms with van der Waals surface area (Å²) in [4.78, 5) is 12.0. The van der Waals surface area contributed by atoms with Crippen molar-refractivity contribution in [2.75, 3.05) is 18.5 Å². The number of carbonyl (C=O) groups is 1. The highest BCUT2D eigenvalue weighted by Gasteiger charge is 2.14. The Balaban J connectivity index is 0.00000242. The number of amides is 1. The minimum absolute atomic E-state index is 0. The van der Waals surface area contributed by atoms with E-state index < -0.39 is 0 Å². The molecule has 0 bridgehead atoms. The van der Waals surface area contributed by atoms with Crippen LogP contribution in [0.4, 0.5) is 5.69 Å². The van der Waals surface area contributed by atoms with Crippen LogP contribution in [-0.4, -0.2) is 19.1 Å². The lowest BCUT2D eigenvalue weighted by Crippen LogP contribution is -2.15. The highest BCUT2D eigenvalue weighted by atomic mass is 35.5. The lowest BCUT2D eigenvalue weighted by Gasteiger charge is -2.21. The predicted molar refractivity (Wildman–Crippen MR) is 92.7 cm³/mol. The maximum absolute atomic E-state index is 12.0. The molecule has 0 aliphatic heterocycles. The van der Waals surface area contributed by atoms with Crippen molar-refractivity contribution >= 4 is 24.0 Å². The molecule has 1 aliphatic rings. The zero-order valence-electron chi connectivity index (χ0n) is 13.1. The molecule has 0 saturated heterocycles. The predicted octanol–water partition coefficient (Wildman–Crippen LogP) is 3.74. The van der Waals surface area contributed by atoms with E-state index >= 15 is 0 Å². The average molecular weight is 327 g/mol. The SMILES string of the molecule is Cl.NCCOc1ccc(NC(=O)CCC2CCCCC2)cc1. The lowest BCUT2D eigenvalue weighted by molar-refractivity contribution is -0.116. The Hall–Kier alpha value is -1.26. The smallest absolute Gasteiger partial charge is 0.224 e. The summed E-state index contributed by atoms with van der Waals surface area (Å²) in [6.07, 6.45) is 8.24. The van der Waals surface area contributed by atoms with Gasteiger partial charge in [-0.15, -0.1) is 12.4 Å². The normalized spacial score (nSPS) is 15.0. The first-order valence-corrected chi connectivity index (χ1v) is 8.00. The molecule has 0 radical (unpaired) electrons. The van der Waals surface area contributed by atoms with E-state index in [1.165, 1.54) is 32.1 Å². The Labute approximate surface area is 139 Å². The molecule has 1 aliphatic carbocycles. The third kappa shape index (κ3) is 6.67. The molecule has 0 unspecified atom stereocenters. The van der Waals surface area contributed by atoms with Gasteiger partial charge in [0.2, 0.25) is 5.91 Å². The molecule has 1 aromatic rings. The number of hydrogen-bond acceptors (Lipinski definition) is 3. The molecule has 1 saturated carbocycles. The van der Waals surface area contributed by atoms with Crippen molar-refractivity contribution in [2.24, 2.45) is 11.7 Å². The summed E-state index contributed by atoms with van der Waals surface area (Å²) in [7, 11) is 0. The first-order valence-electron chi connectivity index (χ1n) is 8.00. The second-order valence-corrected chi connectivity index (χ2v) is 5.75. The average Bonchev–Trinajstić information content (AvgIpc) is 2.53. The first-order chi connectivity index (χ1) is 10.3. The van der Waals surface area contributed by atoms with Crippen LogP contribution in [0, 0.1) is 5.92 Å². The van der Waals surface area contributed by atoms with Crippen LogP contribution in [0.1, 0.15) is 44.9 Å². The maximum atomic E-state index is 12.0. The van der Waals surface area contributed by atoms with Crippen LogP contribution in [0.25, 0.3) is 0 Å². The molecule has 0 spiro atoms. The number of rotatable bonds is 7. The minimum atomic E-state index is 0. The second kappa shape index (κ2) is 10.5. The van der Waals surface area contributed by atoms with Crippen LogP contribution in [0.2, 0.25) is 0 Å². The minimum Gasteiger partial charge on any atom is -0.492 e. The Morgan fingerprint density at radius 1 is 1.18 bits per heavy atom. The van der Waals surface area contributed by atoms with Crippen LogP contribution < -0.4 is 15.8 Å². The number of halogens is 1. The Bertz CT molecular complexity index is 431. The van der Waals surface area contributed by atoms with E-state index in [-0.39, 0.29) is 18.3 Å². The fraction of sp³-hybridized carbons (Fsp3) is 0.588. The lowest BCUT2D eigenvalue weighted by atomic mass is 9.86. The van der Waals surface area contributed by atoms with Crippen molar-refractivity contribution in [1.82, 2.24) is 0 Å². The van der Waals surface area contributed by atoms with E-state index in [9.17, 15) is 4.79 Å². The number of anilines is 1. The van der Waals surface area contributed by atoms with Gasteiger partial charge in [0.1, 0.15) is 12.4 Å². The molecule has 5 heteroatoms. The number of nitrogens with two attached hydrogens (primary N) is 1. The van der Waals surface area contributed by atoms with Crippen molar-refractivity contribution in [1.29, 1.82) is 0 Å². The van der Waals surface area contributed by atoms with Gasteiger partial charge in [-0.1, -0.05) is 32.1 Å². The van der Waals surface area contributed by atoms with Crippen LogP contribution in [0.3, 0.4) is 0 Å². The molecule has 1 amide bonds. The van der Waals surface area contributed by atoms with Gasteiger partial charge in [-0.05, 0) is 36.6 Å². The van der Waals surface area contributed by atoms with Crippen molar-refractivity contribution < 1.29 is 9.53 Å². The van der Waals surface area contributed by atoms with Gasteiger partial charge in [0, 0.05) is 18.7 Å². The first kappa shape index (κ1) is 18.8. The zero-order chi connectivity index (χ0) is 14.9. The van der Waals surface area contributed by atoms with Crippen molar-refractivity contribution in [3.63, 3.8) is 0 Å². The van der Waals surface area contributed by atoms with Crippen molar-refractivity contribution in [3.8, 4) is 5.75 Å². The van der Waals surface area contributed by atoms with Crippen LogP contribution in [-0.2, 0) is 4.79 Å². The van der Waals surface area contributed by atoms with Gasteiger partial charge in [0.05, 0.1) is 0 Å². The van der Waals surface area contributed by atoms with E-state index in [2.05, 4.69) is 5.32 Å². The molecule has 1 aromatic carbocycles. The monoisotopic (exact) mass is 326 g/mol. The summed E-state index contributed by atoms with van der Waals surface area (Å²) in [5.41, 5.74) is 6.21. The highest BCUT2D eigenvalue weighted by molar-refractivity contribution is 5.90. The molecule has 0 atom stereocenters. The topological polar surface area (TPSA) is 64.3 Å². The molecule has 22 heavy (non-hydrogen) atoms. The molecule has 0 heterocycles. The standard InChI is InChI=1S/C17H26N2O2.ClH/c18-12-13-21-16-9-7-15(8-10-16)19-17(20)11-6-14-4-2-1-3-5-14;/h7-10,14H,1-6,11-13,18H2,(H,19,20);1H. The van der Waals surface area contributed by atoms with Crippen molar-refractivity contribution in [3.05, 3.63) is 24.3 Å². The fourth-order valence-electron chi connectivity index (χ4n) is 2.85. The summed E-state index contributed by atoms with van der Waals surface area (Å²) in [5.74, 6) is 1.63. The number of nitrogens with one attached hydrogen (secondary N) is 1. The van der Waals surface area contributed by atoms with E-state index in [4.69, 9.17) is 10.5 Å². The summed E-state index contributed by atoms with van der Waals surface area (Å²) in [6.45, 7) is 1.01. The Kier molecular flexibility index (Phi) is 8.94. The third-order valence-corrected chi connectivity index (χ3v) is 4.03. The molecule has 4 nitrogen and oxygen atoms in total. The number of benzene rings is 1. The van der Waals surface area contributed by atoms with E-state index in [1.54, 1.807) is 0 Å². The van der Waals surface area contributed by atoms with Gasteiger partial charge in [0.25, 0.3) is 0 Å². The van der Waals surface area contributed by atoms with Crippen LogP contribution >= 0.6 is 12.4 Å². The quantitative estimate of drug-likeness (QED) is 0.802. The van der Waals surface area contributed by atoms with Gasteiger partial charge < -0.3 is 15.8 Å². The zero-order valence-corrected chi connectivity index (χ0v) is 13.9. The van der Waals surface area contributed by atoms with E-state index in [0.29, 0.717) is 19.6 Å². The largest absolute Gasteiger partial charge is 0.492 e. The molecule has 1 fully saturated rings. The van der Waals surface area contributed by atoms with Crippen LogP contribution in [0.5, 0.6) is 5.75 Å². The van der Waals surface area contributed by atoms with Crippen molar-refractivity contribution in [2.45, 2.75) is 44.9 Å². The molecular weight excluding hydrogens is 300 g/mol. The second-order valence-electron chi connectivity index (χ2n) is 5.75. The highest BCUT2D eigenvalue weighted by Crippen LogP contribution is 2.27. The Morgan fingerprint density at radius 2 is 1.86 bits per heavy atom. The number of carbonyl (C=O) groups excluding carboxylic acids is 1. The van der Waals surface area contributed by atoms with Gasteiger partial charge in [0.15, 0.2) is 0 Å². The van der Waals surface area contributed by atoms with E-state index in [0.717, 1.165) is 23.8 Å². The van der Waals surface area contributed by atoms with Gasteiger partial charge in [-0.25, -0.2) is 0 Å². The molecule has 0 aromatic heterocycles. The van der Waals surface area contributed by atoms with Gasteiger partial charge >= 0.3 is 0 Å². The van der Waals surface area contributed by atoms with Gasteiger partial charge in [-0.2, -0.15) is 0 Å².